The van der Waals surface area contributed by atoms with Crippen molar-refractivity contribution in [3.63, 3.8) is 0 Å². The van der Waals surface area contributed by atoms with E-state index < -0.39 is 41.3 Å². The van der Waals surface area contributed by atoms with Crippen LogP contribution in [0.2, 0.25) is 0 Å². The Morgan fingerprint density at radius 1 is 1.17 bits per heavy atom. The van der Waals surface area contributed by atoms with Gasteiger partial charge in [-0.25, -0.2) is 22.8 Å². The highest BCUT2D eigenvalue weighted by Gasteiger charge is 2.40. The number of halogens is 3. The first-order valence-electron chi connectivity index (χ1n) is 11.7. The summed E-state index contributed by atoms with van der Waals surface area (Å²) in [6.07, 6.45) is -2.96. The molecular weight excluding hydrogens is 471 g/mol. The fourth-order valence-corrected chi connectivity index (χ4v) is 4.06. The summed E-state index contributed by atoms with van der Waals surface area (Å²) in [5, 5.41) is 14.6. The Hall–Kier alpha value is -3.24. The van der Waals surface area contributed by atoms with Gasteiger partial charge in [0, 0.05) is 6.54 Å². The van der Waals surface area contributed by atoms with Crippen molar-refractivity contribution in [2.24, 2.45) is 11.1 Å². The van der Waals surface area contributed by atoms with Gasteiger partial charge in [0.2, 0.25) is 0 Å². The van der Waals surface area contributed by atoms with Gasteiger partial charge in [-0.3, -0.25) is 4.79 Å². The molecule has 10 heteroatoms. The van der Waals surface area contributed by atoms with Crippen LogP contribution >= 0.6 is 0 Å². The van der Waals surface area contributed by atoms with Gasteiger partial charge >= 0.3 is 0 Å². The molecule has 0 saturated heterocycles. The number of benzene rings is 2. The summed E-state index contributed by atoms with van der Waals surface area (Å²) in [6, 6.07) is 11.4. The van der Waals surface area contributed by atoms with Crippen molar-refractivity contribution >= 4 is 5.91 Å². The van der Waals surface area contributed by atoms with Crippen molar-refractivity contribution in [3.8, 4) is 11.4 Å². The van der Waals surface area contributed by atoms with Crippen molar-refractivity contribution < 1.29 is 23.1 Å². The Morgan fingerprint density at radius 2 is 1.83 bits per heavy atom. The van der Waals surface area contributed by atoms with E-state index in [1.807, 2.05) is 51.1 Å². The van der Waals surface area contributed by atoms with Gasteiger partial charge in [0.1, 0.15) is 23.9 Å². The summed E-state index contributed by atoms with van der Waals surface area (Å²) >= 11 is 0. The summed E-state index contributed by atoms with van der Waals surface area (Å²) in [6.45, 7) is 6.30. The Balaban J connectivity index is 2.24. The maximum absolute atomic E-state index is 14.7. The van der Waals surface area contributed by atoms with Gasteiger partial charge in [-0.1, -0.05) is 51.1 Å². The minimum absolute atomic E-state index is 0.0766. The number of hydrogen-bond acceptors (Lipinski definition) is 5. The molecule has 0 spiro atoms. The number of rotatable bonds is 9. The third kappa shape index (κ3) is 6.30. The smallest absolute Gasteiger partial charge is 0.251 e. The number of amides is 1. The molecule has 2 aromatic carbocycles. The predicted octanol–water partition coefficient (Wildman–Crippen LogP) is 3.87. The SMILES string of the molecule is C[C@H](O)C(=O)N(C[C@H](F)CN)[C@@H](c1nc(-c2cc(F)ccc2F)nn1Cc1ccccc1)C(C)(C)C. The van der Waals surface area contributed by atoms with Crippen LogP contribution < -0.4 is 5.73 Å². The molecule has 0 radical (unpaired) electrons. The van der Waals surface area contributed by atoms with E-state index in [0.717, 1.165) is 23.8 Å². The fourth-order valence-electron chi connectivity index (χ4n) is 4.06. The van der Waals surface area contributed by atoms with Crippen molar-refractivity contribution in [2.45, 2.75) is 52.6 Å². The molecule has 36 heavy (non-hydrogen) atoms. The molecule has 1 aromatic heterocycles. The Kier molecular flexibility index (Phi) is 8.52. The van der Waals surface area contributed by atoms with Crippen molar-refractivity contribution in [1.29, 1.82) is 0 Å². The van der Waals surface area contributed by atoms with Crippen LogP contribution in [0.3, 0.4) is 0 Å². The molecule has 1 amide bonds. The Morgan fingerprint density at radius 3 is 2.42 bits per heavy atom. The molecule has 3 atom stereocenters. The van der Waals surface area contributed by atoms with Gasteiger partial charge < -0.3 is 15.7 Å². The molecule has 3 aromatic rings. The zero-order chi connectivity index (χ0) is 26.6. The molecular formula is C26H32F3N5O2. The number of nitrogens with two attached hydrogens (primary N) is 1. The molecule has 0 aliphatic heterocycles. The zero-order valence-corrected chi connectivity index (χ0v) is 20.8. The molecule has 194 valence electrons. The number of nitrogens with zero attached hydrogens (tertiary/aromatic N) is 4. The molecule has 0 bridgehead atoms. The van der Waals surface area contributed by atoms with Crippen molar-refractivity contribution in [3.05, 3.63) is 71.6 Å². The van der Waals surface area contributed by atoms with Gasteiger partial charge in [-0.05, 0) is 36.1 Å². The largest absolute Gasteiger partial charge is 0.384 e. The fraction of sp³-hybridized carbons (Fsp3) is 0.423. The minimum atomic E-state index is -1.55. The van der Waals surface area contributed by atoms with Crippen LogP contribution in [0.15, 0.2) is 48.5 Å². The Bertz CT molecular complexity index is 1180. The number of carbonyl (C=O) groups excluding carboxylic acids is 1. The lowest BCUT2D eigenvalue weighted by Gasteiger charge is -2.40. The molecule has 7 nitrogen and oxygen atoms in total. The second kappa shape index (κ2) is 11.2. The van der Waals surface area contributed by atoms with E-state index in [0.29, 0.717) is 0 Å². The standard InChI is InChI=1S/C26H32F3N5O2/c1-16(35)25(36)33(15-19(28)13-30)22(26(2,3)4)24-31-23(20-12-18(27)10-11-21(20)29)32-34(24)14-17-8-6-5-7-9-17/h5-12,16,19,22,35H,13-15,30H2,1-4H3/t16-,19+,22-/m0/s1. The second-order valence-corrected chi connectivity index (χ2v) is 9.83. The summed E-state index contributed by atoms with van der Waals surface area (Å²) in [7, 11) is 0. The van der Waals surface area contributed by atoms with Gasteiger partial charge in [0.15, 0.2) is 11.6 Å². The average molecular weight is 504 g/mol. The number of aliphatic hydroxyl groups is 1. The molecule has 3 rings (SSSR count). The van der Waals surface area contributed by atoms with Crippen LogP contribution in [0.4, 0.5) is 13.2 Å². The lowest BCUT2D eigenvalue weighted by molar-refractivity contribution is -0.146. The van der Waals surface area contributed by atoms with E-state index in [1.165, 1.54) is 16.5 Å². The first-order valence-corrected chi connectivity index (χ1v) is 11.7. The van der Waals surface area contributed by atoms with Crippen LogP contribution in [0.1, 0.15) is 45.1 Å². The van der Waals surface area contributed by atoms with E-state index >= 15 is 0 Å². The number of alkyl halides is 1. The number of aromatic nitrogens is 3. The number of hydrogen-bond donors (Lipinski definition) is 2. The van der Waals surface area contributed by atoms with E-state index in [-0.39, 0.29) is 36.8 Å². The van der Waals surface area contributed by atoms with Crippen LogP contribution in [-0.4, -0.2) is 56.0 Å². The van der Waals surface area contributed by atoms with E-state index in [2.05, 4.69) is 10.1 Å². The van der Waals surface area contributed by atoms with Crippen LogP contribution in [-0.2, 0) is 11.3 Å². The maximum atomic E-state index is 14.7. The molecule has 0 unspecified atom stereocenters. The first-order chi connectivity index (χ1) is 16.9. The normalized spacial score (nSPS) is 14.4. The van der Waals surface area contributed by atoms with Crippen LogP contribution in [0.5, 0.6) is 0 Å². The van der Waals surface area contributed by atoms with Gasteiger partial charge in [-0.15, -0.1) is 0 Å². The minimum Gasteiger partial charge on any atom is -0.384 e. The molecule has 3 N–H and O–H groups in total. The lowest BCUT2D eigenvalue weighted by atomic mass is 9.84. The van der Waals surface area contributed by atoms with Crippen molar-refractivity contribution in [2.75, 3.05) is 13.1 Å². The highest BCUT2D eigenvalue weighted by atomic mass is 19.1. The molecule has 0 aliphatic rings. The van der Waals surface area contributed by atoms with Crippen LogP contribution in [0.25, 0.3) is 11.4 Å². The third-order valence-electron chi connectivity index (χ3n) is 5.71. The van der Waals surface area contributed by atoms with Gasteiger partial charge in [0.05, 0.1) is 24.7 Å². The zero-order valence-electron chi connectivity index (χ0n) is 20.8. The highest BCUT2D eigenvalue weighted by Crippen LogP contribution is 2.39. The number of aliphatic hydroxyl groups excluding tert-OH is 1. The summed E-state index contributed by atoms with van der Waals surface area (Å²) < 4.78 is 44.7. The van der Waals surface area contributed by atoms with Crippen molar-refractivity contribution in [1.82, 2.24) is 19.7 Å². The summed E-state index contributed by atoms with van der Waals surface area (Å²) in [5.41, 5.74) is 5.48. The average Bonchev–Trinajstić information content (AvgIpc) is 3.21. The van der Waals surface area contributed by atoms with E-state index in [9.17, 15) is 23.1 Å². The second-order valence-electron chi connectivity index (χ2n) is 9.83. The van der Waals surface area contributed by atoms with E-state index in [1.54, 1.807) is 0 Å². The summed E-state index contributed by atoms with van der Waals surface area (Å²) in [4.78, 5) is 18.9. The summed E-state index contributed by atoms with van der Waals surface area (Å²) in [5.74, 6) is -1.92. The quantitative estimate of drug-likeness (QED) is 0.462. The molecule has 0 saturated carbocycles. The van der Waals surface area contributed by atoms with Crippen LogP contribution in [0, 0.1) is 17.0 Å². The highest BCUT2D eigenvalue weighted by molar-refractivity contribution is 5.80. The Labute approximate surface area is 208 Å². The van der Waals surface area contributed by atoms with Gasteiger partial charge in [0.25, 0.3) is 5.91 Å². The number of carbonyl (C=O) groups is 1. The molecule has 1 heterocycles. The lowest BCUT2D eigenvalue weighted by Crippen LogP contribution is -2.49. The monoisotopic (exact) mass is 503 g/mol. The van der Waals surface area contributed by atoms with E-state index in [4.69, 9.17) is 5.73 Å². The predicted molar refractivity (Wildman–Crippen MR) is 130 cm³/mol. The topological polar surface area (TPSA) is 97.3 Å². The van der Waals surface area contributed by atoms with Gasteiger partial charge in [-0.2, -0.15) is 5.10 Å². The third-order valence-corrected chi connectivity index (χ3v) is 5.71. The molecule has 0 aliphatic carbocycles. The first kappa shape index (κ1) is 27.3. The maximum Gasteiger partial charge on any atom is 0.251 e. The molecule has 0 fully saturated rings.